The molecule has 0 saturated carbocycles. The molecule has 0 N–H and O–H groups in total. The number of amides is 1. The number of likely N-dealkylation sites (tertiary alicyclic amines) is 1. The molecule has 1 amide bonds. The Bertz CT molecular complexity index is 1100. The predicted molar refractivity (Wildman–Crippen MR) is 129 cm³/mol. The van der Waals surface area contributed by atoms with Gasteiger partial charge in [0.25, 0.3) is 0 Å². The number of benzene rings is 2. The zero-order valence-electron chi connectivity index (χ0n) is 18.6. The lowest BCUT2D eigenvalue weighted by atomic mass is 9.97. The number of para-hydroxylation sites is 1. The third-order valence-electron chi connectivity index (χ3n) is 5.98. The number of methoxy groups -OCH3 is 2. The molecule has 2 heterocycles. The van der Waals surface area contributed by atoms with E-state index in [1.54, 1.807) is 30.5 Å². The Labute approximate surface area is 197 Å². The zero-order valence-corrected chi connectivity index (χ0v) is 20.2. The van der Waals surface area contributed by atoms with Gasteiger partial charge in [-0.2, -0.15) is 0 Å². The smallest absolute Gasteiger partial charge is 0.236 e. The van der Waals surface area contributed by atoms with Crippen molar-refractivity contribution in [3.05, 3.63) is 52.0 Å². The Morgan fingerprint density at radius 3 is 2.72 bits per heavy atom. The lowest BCUT2D eigenvalue weighted by molar-refractivity contribution is -0.131. The number of hydrogen-bond donors (Lipinski definition) is 0. The van der Waals surface area contributed by atoms with Crippen LogP contribution in [0, 0.1) is 0 Å². The van der Waals surface area contributed by atoms with Crippen molar-refractivity contribution in [2.45, 2.75) is 25.3 Å². The van der Waals surface area contributed by atoms with Crippen molar-refractivity contribution < 1.29 is 14.3 Å². The van der Waals surface area contributed by atoms with E-state index >= 15 is 0 Å². The van der Waals surface area contributed by atoms with Crippen LogP contribution in [-0.4, -0.2) is 61.6 Å². The number of likely N-dealkylation sites (N-methyl/N-ethyl adjacent to an activating group) is 1. The molecule has 2 aromatic carbocycles. The molecule has 1 aliphatic heterocycles. The van der Waals surface area contributed by atoms with Crippen LogP contribution in [0.3, 0.4) is 0 Å². The fraction of sp³-hybridized carbons (Fsp3) is 0.417. The third-order valence-corrected chi connectivity index (χ3v) is 7.41. The topological polar surface area (TPSA) is 54.9 Å². The minimum atomic E-state index is 0.1000. The van der Waals surface area contributed by atoms with E-state index in [1.807, 2.05) is 43.4 Å². The van der Waals surface area contributed by atoms with E-state index in [2.05, 4.69) is 4.90 Å². The Kier molecular flexibility index (Phi) is 7.18. The van der Waals surface area contributed by atoms with E-state index in [-0.39, 0.29) is 5.91 Å². The first kappa shape index (κ1) is 22.8. The van der Waals surface area contributed by atoms with Crippen LogP contribution in [0.15, 0.2) is 36.4 Å². The van der Waals surface area contributed by atoms with Gasteiger partial charge < -0.3 is 14.4 Å². The fourth-order valence-electron chi connectivity index (χ4n) is 4.16. The molecule has 3 aromatic rings. The maximum absolute atomic E-state index is 12.9. The molecule has 1 fully saturated rings. The van der Waals surface area contributed by atoms with E-state index in [9.17, 15) is 4.79 Å². The Morgan fingerprint density at radius 2 is 2.00 bits per heavy atom. The number of thiazole rings is 1. The van der Waals surface area contributed by atoms with Gasteiger partial charge >= 0.3 is 0 Å². The molecule has 0 aliphatic carbocycles. The monoisotopic (exact) mass is 473 g/mol. The average molecular weight is 474 g/mol. The van der Waals surface area contributed by atoms with Crippen LogP contribution in [-0.2, 0) is 11.3 Å². The van der Waals surface area contributed by atoms with Gasteiger partial charge in [0.05, 0.1) is 36.0 Å². The number of aromatic nitrogens is 1. The van der Waals surface area contributed by atoms with E-state index in [0.717, 1.165) is 42.0 Å². The SMILES string of the molecule is COc1cccc(CN(C)C(=O)CN2CCC(c3nc4cc(Cl)ccc4s3)CC2)c1OC. The summed E-state index contributed by atoms with van der Waals surface area (Å²) in [6.07, 6.45) is 2.02. The van der Waals surface area contributed by atoms with Crippen LogP contribution in [0.5, 0.6) is 11.5 Å². The number of ether oxygens (including phenoxy) is 2. The van der Waals surface area contributed by atoms with Gasteiger partial charge in [0.15, 0.2) is 11.5 Å². The highest BCUT2D eigenvalue weighted by Gasteiger charge is 2.25. The first-order valence-corrected chi connectivity index (χ1v) is 11.9. The summed E-state index contributed by atoms with van der Waals surface area (Å²) >= 11 is 7.85. The molecular weight excluding hydrogens is 446 g/mol. The first-order valence-electron chi connectivity index (χ1n) is 10.7. The Hall–Kier alpha value is -2.35. The first-order chi connectivity index (χ1) is 15.5. The van der Waals surface area contributed by atoms with Gasteiger partial charge in [-0.15, -0.1) is 11.3 Å². The van der Waals surface area contributed by atoms with Crippen molar-refractivity contribution in [3.8, 4) is 11.5 Å². The lowest BCUT2D eigenvalue weighted by Crippen LogP contribution is -2.41. The maximum Gasteiger partial charge on any atom is 0.236 e. The second-order valence-electron chi connectivity index (χ2n) is 8.12. The number of nitrogens with zero attached hydrogens (tertiary/aromatic N) is 3. The van der Waals surface area contributed by atoms with Gasteiger partial charge in [0.2, 0.25) is 5.91 Å². The summed E-state index contributed by atoms with van der Waals surface area (Å²) in [5.41, 5.74) is 1.90. The number of carbonyl (C=O) groups excluding carboxylic acids is 1. The standard InChI is InChI=1S/C24H28ClN3O3S/c1-27(14-17-5-4-6-20(30-2)23(17)31-3)22(29)15-28-11-9-16(10-12-28)24-26-19-13-18(25)7-8-21(19)32-24/h4-8,13,16H,9-12,14-15H2,1-3H3. The van der Waals surface area contributed by atoms with Crippen LogP contribution in [0.1, 0.15) is 29.3 Å². The molecule has 0 radical (unpaired) electrons. The van der Waals surface area contributed by atoms with Crippen LogP contribution in [0.25, 0.3) is 10.2 Å². The molecule has 0 spiro atoms. The molecule has 0 bridgehead atoms. The quantitative estimate of drug-likeness (QED) is 0.493. The predicted octanol–water partition coefficient (Wildman–Crippen LogP) is 4.80. The lowest BCUT2D eigenvalue weighted by Gasteiger charge is -2.31. The molecule has 1 aromatic heterocycles. The highest BCUT2D eigenvalue weighted by atomic mass is 35.5. The number of hydrogen-bond acceptors (Lipinski definition) is 6. The van der Waals surface area contributed by atoms with Crippen LogP contribution in [0.4, 0.5) is 0 Å². The van der Waals surface area contributed by atoms with E-state index in [1.165, 1.54) is 9.71 Å². The van der Waals surface area contributed by atoms with Gasteiger partial charge in [-0.25, -0.2) is 4.98 Å². The van der Waals surface area contributed by atoms with Crippen LogP contribution >= 0.6 is 22.9 Å². The minimum absolute atomic E-state index is 0.1000. The molecule has 1 aliphatic rings. The van der Waals surface area contributed by atoms with Crippen molar-refractivity contribution >= 4 is 39.1 Å². The maximum atomic E-state index is 12.9. The Balaban J connectivity index is 1.32. The molecule has 32 heavy (non-hydrogen) atoms. The number of rotatable bonds is 7. The number of carbonyl (C=O) groups is 1. The summed E-state index contributed by atoms with van der Waals surface area (Å²) < 4.78 is 12.0. The molecule has 0 unspecified atom stereocenters. The summed E-state index contributed by atoms with van der Waals surface area (Å²) in [6, 6.07) is 11.6. The van der Waals surface area contributed by atoms with Gasteiger partial charge in [-0.1, -0.05) is 23.7 Å². The number of halogens is 1. The fourth-order valence-corrected chi connectivity index (χ4v) is 5.45. The largest absolute Gasteiger partial charge is 0.493 e. The third kappa shape index (κ3) is 5.00. The molecule has 8 heteroatoms. The minimum Gasteiger partial charge on any atom is -0.493 e. The van der Waals surface area contributed by atoms with Gasteiger partial charge in [0.1, 0.15) is 0 Å². The van der Waals surface area contributed by atoms with Crippen molar-refractivity contribution in [1.29, 1.82) is 0 Å². The zero-order chi connectivity index (χ0) is 22.7. The second kappa shape index (κ2) is 10.1. The average Bonchev–Trinajstić information content (AvgIpc) is 3.22. The van der Waals surface area contributed by atoms with Crippen LogP contribution < -0.4 is 9.47 Å². The van der Waals surface area contributed by atoms with Crippen molar-refractivity contribution in [1.82, 2.24) is 14.8 Å². The number of piperidine rings is 1. The highest BCUT2D eigenvalue weighted by Crippen LogP contribution is 2.35. The van der Waals surface area contributed by atoms with Gasteiger partial charge in [-0.3, -0.25) is 9.69 Å². The molecular formula is C24H28ClN3O3S. The molecule has 4 rings (SSSR count). The van der Waals surface area contributed by atoms with Crippen LogP contribution in [0.2, 0.25) is 5.02 Å². The van der Waals surface area contributed by atoms with E-state index < -0.39 is 0 Å². The van der Waals surface area contributed by atoms with E-state index in [0.29, 0.717) is 30.5 Å². The molecule has 1 saturated heterocycles. The normalized spacial score (nSPS) is 15.1. The summed E-state index contributed by atoms with van der Waals surface area (Å²) in [4.78, 5) is 21.7. The highest BCUT2D eigenvalue weighted by molar-refractivity contribution is 7.18. The summed E-state index contributed by atoms with van der Waals surface area (Å²) in [5.74, 6) is 1.89. The van der Waals surface area contributed by atoms with Gasteiger partial charge in [-0.05, 0) is 50.2 Å². The second-order valence-corrected chi connectivity index (χ2v) is 9.62. The molecule has 170 valence electrons. The van der Waals surface area contributed by atoms with Crippen molar-refractivity contribution in [2.24, 2.45) is 0 Å². The van der Waals surface area contributed by atoms with Gasteiger partial charge in [0, 0.05) is 30.1 Å². The number of fused-ring (bicyclic) bond motifs is 1. The Morgan fingerprint density at radius 1 is 1.22 bits per heavy atom. The summed E-state index contributed by atoms with van der Waals surface area (Å²) in [6.45, 7) is 2.68. The molecule has 0 atom stereocenters. The summed E-state index contributed by atoms with van der Waals surface area (Å²) in [5, 5.41) is 1.90. The van der Waals surface area contributed by atoms with Crippen molar-refractivity contribution in [3.63, 3.8) is 0 Å². The van der Waals surface area contributed by atoms with Crippen molar-refractivity contribution in [2.75, 3.05) is 40.9 Å². The van der Waals surface area contributed by atoms with E-state index in [4.69, 9.17) is 26.1 Å². The summed E-state index contributed by atoms with van der Waals surface area (Å²) in [7, 11) is 5.07. The molecule has 6 nitrogen and oxygen atoms in total.